The molecule has 0 aliphatic heterocycles. The van der Waals surface area contributed by atoms with Gasteiger partial charge in [-0.2, -0.15) is 5.10 Å². The Morgan fingerprint density at radius 2 is 1.80 bits per heavy atom. The van der Waals surface area contributed by atoms with E-state index in [1.807, 2.05) is 36.5 Å². The molecule has 2 aromatic carbocycles. The van der Waals surface area contributed by atoms with Crippen LogP contribution in [0.3, 0.4) is 0 Å². The Hall–Kier alpha value is -3.27. The van der Waals surface area contributed by atoms with Crippen LogP contribution in [-0.2, 0) is 16.4 Å². The SMILES string of the molecule is NS(=O)(=O)c1ccc(Cc2cn(-c3cc(C(=O)O)cs3)nc2-c2ccccc2)cc1. The number of nitrogens with zero attached hydrogens (tertiary/aromatic N) is 2. The zero-order valence-corrected chi connectivity index (χ0v) is 17.2. The summed E-state index contributed by atoms with van der Waals surface area (Å²) in [5.41, 5.74) is 3.75. The van der Waals surface area contributed by atoms with Gasteiger partial charge >= 0.3 is 5.97 Å². The van der Waals surface area contributed by atoms with E-state index in [1.54, 1.807) is 28.3 Å². The van der Waals surface area contributed by atoms with Crippen LogP contribution in [0.25, 0.3) is 16.3 Å². The normalized spacial score (nSPS) is 11.5. The van der Waals surface area contributed by atoms with Crippen molar-refractivity contribution in [2.45, 2.75) is 11.3 Å². The number of sulfonamides is 1. The van der Waals surface area contributed by atoms with E-state index in [4.69, 9.17) is 10.2 Å². The molecule has 2 aromatic heterocycles. The van der Waals surface area contributed by atoms with Crippen LogP contribution in [0.1, 0.15) is 21.5 Å². The minimum atomic E-state index is -3.74. The van der Waals surface area contributed by atoms with Gasteiger partial charge in [0.05, 0.1) is 16.2 Å². The molecule has 0 radical (unpaired) electrons. The van der Waals surface area contributed by atoms with E-state index in [9.17, 15) is 18.3 Å². The van der Waals surface area contributed by atoms with Crippen molar-refractivity contribution in [2.75, 3.05) is 0 Å². The second-order valence-electron chi connectivity index (χ2n) is 6.66. The third-order valence-electron chi connectivity index (χ3n) is 4.54. The summed E-state index contributed by atoms with van der Waals surface area (Å²) in [6.45, 7) is 0. The Bertz CT molecular complexity index is 1310. The van der Waals surface area contributed by atoms with Gasteiger partial charge in [-0.25, -0.2) is 23.0 Å². The number of thiophene rings is 1. The molecule has 4 rings (SSSR count). The van der Waals surface area contributed by atoms with Crippen LogP contribution in [0.15, 0.2) is 77.1 Å². The fourth-order valence-corrected chi connectivity index (χ4v) is 4.39. The van der Waals surface area contributed by atoms with E-state index in [0.29, 0.717) is 11.4 Å². The summed E-state index contributed by atoms with van der Waals surface area (Å²) in [6, 6.07) is 17.7. The van der Waals surface area contributed by atoms with Crippen molar-refractivity contribution in [3.63, 3.8) is 0 Å². The van der Waals surface area contributed by atoms with Gasteiger partial charge in [0, 0.05) is 29.1 Å². The topological polar surface area (TPSA) is 115 Å². The predicted molar refractivity (Wildman–Crippen MR) is 114 cm³/mol. The van der Waals surface area contributed by atoms with E-state index >= 15 is 0 Å². The van der Waals surface area contributed by atoms with Gasteiger partial charge in [-0.05, 0) is 23.8 Å². The number of carbonyl (C=O) groups is 1. The second-order valence-corrected chi connectivity index (χ2v) is 9.11. The van der Waals surface area contributed by atoms with E-state index < -0.39 is 16.0 Å². The van der Waals surface area contributed by atoms with E-state index in [-0.39, 0.29) is 10.5 Å². The summed E-state index contributed by atoms with van der Waals surface area (Å²) in [6.07, 6.45) is 2.39. The number of rotatable bonds is 6. The number of primary sulfonamides is 1. The Kier molecular flexibility index (Phi) is 5.25. The lowest BCUT2D eigenvalue weighted by Gasteiger charge is -2.04. The third kappa shape index (κ3) is 4.18. The quantitative estimate of drug-likeness (QED) is 0.477. The first-order valence-corrected chi connectivity index (χ1v) is 11.3. The largest absolute Gasteiger partial charge is 0.478 e. The lowest BCUT2D eigenvalue weighted by Crippen LogP contribution is -2.11. The number of aromatic carboxylic acids is 1. The van der Waals surface area contributed by atoms with Crippen molar-refractivity contribution < 1.29 is 18.3 Å². The van der Waals surface area contributed by atoms with Crippen LogP contribution in [0, 0.1) is 0 Å². The standard InChI is InChI=1S/C21H17N3O4S2/c22-30(27,28)18-8-6-14(7-9-18)10-16-12-24(19-11-17(13-29-19)21(25)26)23-20(16)15-4-2-1-3-5-15/h1-9,11-13H,10H2,(H,25,26)(H2,22,27,28). The Labute approximate surface area is 177 Å². The molecule has 9 heteroatoms. The van der Waals surface area contributed by atoms with Gasteiger partial charge in [0.15, 0.2) is 0 Å². The van der Waals surface area contributed by atoms with E-state index in [1.165, 1.54) is 23.5 Å². The molecule has 0 fully saturated rings. The molecule has 0 atom stereocenters. The van der Waals surface area contributed by atoms with Gasteiger partial charge in [-0.15, -0.1) is 11.3 Å². The molecule has 0 bridgehead atoms. The zero-order valence-electron chi connectivity index (χ0n) is 15.6. The molecule has 0 saturated carbocycles. The lowest BCUT2D eigenvalue weighted by molar-refractivity contribution is 0.0697. The fourth-order valence-electron chi connectivity index (χ4n) is 3.07. The highest BCUT2D eigenvalue weighted by atomic mass is 32.2. The van der Waals surface area contributed by atoms with Crippen molar-refractivity contribution in [2.24, 2.45) is 5.14 Å². The van der Waals surface area contributed by atoms with Crippen LogP contribution < -0.4 is 5.14 Å². The molecule has 0 amide bonds. The molecule has 3 N–H and O–H groups in total. The van der Waals surface area contributed by atoms with Crippen LogP contribution in [0.4, 0.5) is 0 Å². The zero-order chi connectivity index (χ0) is 21.3. The summed E-state index contributed by atoms with van der Waals surface area (Å²) in [4.78, 5) is 11.3. The number of hydrogen-bond donors (Lipinski definition) is 2. The van der Waals surface area contributed by atoms with E-state index in [2.05, 4.69) is 0 Å². The molecule has 4 aromatic rings. The highest BCUT2D eigenvalue weighted by Crippen LogP contribution is 2.28. The Morgan fingerprint density at radius 1 is 1.10 bits per heavy atom. The highest BCUT2D eigenvalue weighted by molar-refractivity contribution is 7.89. The third-order valence-corrected chi connectivity index (χ3v) is 6.39. The van der Waals surface area contributed by atoms with Crippen LogP contribution in [-0.4, -0.2) is 29.3 Å². The molecule has 0 spiro atoms. The monoisotopic (exact) mass is 439 g/mol. The van der Waals surface area contributed by atoms with Gasteiger partial charge in [0.2, 0.25) is 10.0 Å². The van der Waals surface area contributed by atoms with Crippen LogP contribution >= 0.6 is 11.3 Å². The molecule has 0 aliphatic carbocycles. The van der Waals surface area contributed by atoms with Gasteiger partial charge < -0.3 is 5.11 Å². The summed E-state index contributed by atoms with van der Waals surface area (Å²) in [5, 5.41) is 21.3. The van der Waals surface area contributed by atoms with Crippen LogP contribution in [0.2, 0.25) is 0 Å². The average Bonchev–Trinajstić information content (AvgIpc) is 3.36. The summed E-state index contributed by atoms with van der Waals surface area (Å²) >= 11 is 1.30. The Balaban J connectivity index is 1.73. The first-order chi connectivity index (χ1) is 14.3. The number of hydrogen-bond acceptors (Lipinski definition) is 5. The minimum Gasteiger partial charge on any atom is -0.478 e. The number of carboxylic acid groups (broad SMARTS) is 1. The number of aromatic nitrogens is 2. The smallest absolute Gasteiger partial charge is 0.336 e. The van der Waals surface area contributed by atoms with Crippen molar-refractivity contribution >= 4 is 27.3 Å². The molecule has 2 heterocycles. The number of carboxylic acids is 1. The van der Waals surface area contributed by atoms with Crippen molar-refractivity contribution in [1.29, 1.82) is 0 Å². The second kappa shape index (κ2) is 7.86. The number of nitrogens with two attached hydrogens (primary N) is 1. The van der Waals surface area contributed by atoms with Gasteiger partial charge in [-0.3, -0.25) is 0 Å². The van der Waals surface area contributed by atoms with Crippen molar-refractivity contribution in [1.82, 2.24) is 9.78 Å². The van der Waals surface area contributed by atoms with Gasteiger partial charge in [-0.1, -0.05) is 42.5 Å². The summed E-state index contributed by atoms with van der Waals surface area (Å²) in [5.74, 6) is -0.983. The molecule has 0 unspecified atom stereocenters. The van der Waals surface area contributed by atoms with Crippen molar-refractivity contribution in [3.05, 3.63) is 88.9 Å². The Morgan fingerprint density at radius 3 is 2.40 bits per heavy atom. The maximum absolute atomic E-state index is 11.5. The first kappa shape index (κ1) is 20.0. The predicted octanol–water partition coefficient (Wildman–Crippen LogP) is 3.54. The molecule has 0 aliphatic rings. The van der Waals surface area contributed by atoms with Crippen LogP contribution in [0.5, 0.6) is 0 Å². The molecule has 7 nitrogen and oxygen atoms in total. The molecule has 30 heavy (non-hydrogen) atoms. The van der Waals surface area contributed by atoms with E-state index in [0.717, 1.165) is 22.4 Å². The molecule has 0 saturated heterocycles. The van der Waals surface area contributed by atoms with Crippen molar-refractivity contribution in [3.8, 4) is 16.3 Å². The number of benzene rings is 2. The lowest BCUT2D eigenvalue weighted by atomic mass is 10.0. The average molecular weight is 440 g/mol. The van der Waals surface area contributed by atoms with Gasteiger partial charge in [0.25, 0.3) is 0 Å². The first-order valence-electron chi connectivity index (χ1n) is 8.89. The maximum atomic E-state index is 11.5. The minimum absolute atomic E-state index is 0.0602. The summed E-state index contributed by atoms with van der Waals surface area (Å²) < 4.78 is 24.6. The fraction of sp³-hybridized carbons (Fsp3) is 0.0476. The molecular weight excluding hydrogens is 422 g/mol. The van der Waals surface area contributed by atoms with Gasteiger partial charge in [0.1, 0.15) is 5.00 Å². The highest BCUT2D eigenvalue weighted by Gasteiger charge is 2.16. The maximum Gasteiger partial charge on any atom is 0.336 e. The summed E-state index contributed by atoms with van der Waals surface area (Å²) in [7, 11) is -3.74. The molecule has 152 valence electrons. The molecular formula is C21H17N3O4S2.